The quantitative estimate of drug-likeness (QED) is 0.115. The highest BCUT2D eigenvalue weighted by atomic mass is 35.5. The standard InChI is InChI=1S/C24H49ClO2/c1-3-5-7-9-11-13-15-17-19-21-24(25,23(26)27)22-20-18-16-14-12-10-8-6-4-2/h23,26-27H,3-22H2,1-2H3. The van der Waals surface area contributed by atoms with Gasteiger partial charge in [-0.05, 0) is 12.8 Å². The van der Waals surface area contributed by atoms with Crippen molar-refractivity contribution in [2.45, 2.75) is 153 Å². The fourth-order valence-electron chi connectivity index (χ4n) is 3.84. The van der Waals surface area contributed by atoms with Crippen molar-refractivity contribution in [2.75, 3.05) is 0 Å². The summed E-state index contributed by atoms with van der Waals surface area (Å²) in [5.41, 5.74) is 0. The normalized spacial score (nSPS) is 12.2. The summed E-state index contributed by atoms with van der Waals surface area (Å²) in [6.45, 7) is 4.51. The molecule has 0 aromatic rings. The number of halogens is 1. The summed E-state index contributed by atoms with van der Waals surface area (Å²) in [6.07, 6.45) is 23.0. The minimum atomic E-state index is -1.40. The first-order valence-corrected chi connectivity index (χ1v) is 12.5. The summed E-state index contributed by atoms with van der Waals surface area (Å²) in [4.78, 5) is -0.831. The Morgan fingerprint density at radius 2 is 0.778 bits per heavy atom. The summed E-state index contributed by atoms with van der Waals surface area (Å²) in [7, 11) is 0. The molecule has 0 aromatic heterocycles. The van der Waals surface area contributed by atoms with Crippen molar-refractivity contribution in [3.8, 4) is 0 Å². The van der Waals surface area contributed by atoms with E-state index in [4.69, 9.17) is 11.6 Å². The molecule has 2 nitrogen and oxygen atoms in total. The van der Waals surface area contributed by atoms with Gasteiger partial charge in [0.05, 0.1) is 4.87 Å². The van der Waals surface area contributed by atoms with Crippen molar-refractivity contribution >= 4 is 11.6 Å². The molecule has 0 saturated heterocycles. The van der Waals surface area contributed by atoms with Gasteiger partial charge in [0, 0.05) is 0 Å². The van der Waals surface area contributed by atoms with E-state index in [1.165, 1.54) is 89.9 Å². The Labute approximate surface area is 175 Å². The predicted octanol–water partition coefficient (Wildman–Crippen LogP) is 8.12. The highest BCUT2D eigenvalue weighted by Gasteiger charge is 2.33. The van der Waals surface area contributed by atoms with E-state index in [-0.39, 0.29) is 0 Å². The average Bonchev–Trinajstić information content (AvgIpc) is 2.65. The molecule has 0 bridgehead atoms. The van der Waals surface area contributed by atoms with Crippen LogP contribution in [-0.2, 0) is 0 Å². The SMILES string of the molecule is CCCCCCCCCCCC(Cl)(CCCCCCCCCCC)C(O)O. The Balaban J connectivity index is 3.67. The van der Waals surface area contributed by atoms with E-state index < -0.39 is 11.2 Å². The van der Waals surface area contributed by atoms with E-state index in [0.717, 1.165) is 38.5 Å². The molecule has 0 rings (SSSR count). The van der Waals surface area contributed by atoms with Gasteiger partial charge in [0.2, 0.25) is 0 Å². The van der Waals surface area contributed by atoms with Crippen LogP contribution in [0.4, 0.5) is 0 Å². The van der Waals surface area contributed by atoms with Crippen LogP contribution >= 0.6 is 11.6 Å². The molecule has 0 heterocycles. The number of hydrogen-bond acceptors (Lipinski definition) is 2. The van der Waals surface area contributed by atoms with Crippen LogP contribution in [0.2, 0.25) is 0 Å². The number of hydrogen-bond donors (Lipinski definition) is 2. The maximum absolute atomic E-state index is 9.74. The van der Waals surface area contributed by atoms with Crippen molar-refractivity contribution in [1.29, 1.82) is 0 Å². The first kappa shape index (κ1) is 27.2. The lowest BCUT2D eigenvalue weighted by Crippen LogP contribution is -2.36. The van der Waals surface area contributed by atoms with E-state index in [9.17, 15) is 10.2 Å². The van der Waals surface area contributed by atoms with Crippen molar-refractivity contribution in [2.24, 2.45) is 0 Å². The summed E-state index contributed by atoms with van der Waals surface area (Å²) in [5.74, 6) is 0. The molecule has 0 saturated carbocycles. The Hall–Kier alpha value is 0.210. The second-order valence-corrected chi connectivity index (χ2v) is 9.32. The first-order chi connectivity index (χ1) is 13.1. The third-order valence-corrected chi connectivity index (χ3v) is 6.43. The highest BCUT2D eigenvalue weighted by molar-refractivity contribution is 6.24. The zero-order chi connectivity index (χ0) is 20.2. The lowest BCUT2D eigenvalue weighted by molar-refractivity contribution is -0.0770. The monoisotopic (exact) mass is 404 g/mol. The van der Waals surface area contributed by atoms with Crippen LogP contribution in [0.1, 0.15) is 142 Å². The maximum atomic E-state index is 9.74. The van der Waals surface area contributed by atoms with E-state index >= 15 is 0 Å². The van der Waals surface area contributed by atoms with Crippen LogP contribution in [0, 0.1) is 0 Å². The Morgan fingerprint density at radius 1 is 0.519 bits per heavy atom. The maximum Gasteiger partial charge on any atom is 0.170 e. The van der Waals surface area contributed by atoms with Crippen LogP contribution < -0.4 is 0 Å². The van der Waals surface area contributed by atoms with Gasteiger partial charge in [-0.3, -0.25) is 0 Å². The minimum Gasteiger partial charge on any atom is -0.367 e. The summed E-state index contributed by atoms with van der Waals surface area (Å²) < 4.78 is 0. The molecule has 0 unspecified atom stereocenters. The Morgan fingerprint density at radius 3 is 1.04 bits per heavy atom. The molecule has 164 valence electrons. The van der Waals surface area contributed by atoms with E-state index in [2.05, 4.69) is 13.8 Å². The zero-order valence-corrected chi connectivity index (χ0v) is 19.2. The molecule has 0 aliphatic heterocycles. The van der Waals surface area contributed by atoms with Gasteiger partial charge in [0.15, 0.2) is 6.29 Å². The number of unbranched alkanes of at least 4 members (excludes halogenated alkanes) is 16. The molecule has 0 aliphatic carbocycles. The van der Waals surface area contributed by atoms with E-state index in [1.807, 2.05) is 0 Å². The summed E-state index contributed by atoms with van der Waals surface area (Å²) in [6, 6.07) is 0. The molecule has 3 heteroatoms. The second kappa shape index (κ2) is 19.5. The van der Waals surface area contributed by atoms with Crippen LogP contribution in [0.15, 0.2) is 0 Å². The molecule has 0 fully saturated rings. The lowest BCUT2D eigenvalue weighted by Gasteiger charge is -2.29. The molecule has 27 heavy (non-hydrogen) atoms. The van der Waals surface area contributed by atoms with Crippen LogP contribution in [-0.4, -0.2) is 21.4 Å². The van der Waals surface area contributed by atoms with Gasteiger partial charge < -0.3 is 10.2 Å². The van der Waals surface area contributed by atoms with Crippen LogP contribution in [0.5, 0.6) is 0 Å². The molecule has 0 amide bonds. The lowest BCUT2D eigenvalue weighted by atomic mass is 9.92. The zero-order valence-electron chi connectivity index (χ0n) is 18.5. The average molecular weight is 405 g/mol. The van der Waals surface area contributed by atoms with Gasteiger partial charge in [0.1, 0.15) is 0 Å². The number of aliphatic hydroxyl groups excluding tert-OH is 1. The highest BCUT2D eigenvalue weighted by Crippen LogP contribution is 2.32. The van der Waals surface area contributed by atoms with Gasteiger partial charge >= 0.3 is 0 Å². The number of aliphatic hydroxyl groups is 2. The third kappa shape index (κ3) is 16.8. The van der Waals surface area contributed by atoms with Crippen LogP contribution in [0.25, 0.3) is 0 Å². The van der Waals surface area contributed by atoms with Gasteiger partial charge in [-0.2, -0.15) is 0 Å². The smallest absolute Gasteiger partial charge is 0.170 e. The van der Waals surface area contributed by atoms with Crippen molar-refractivity contribution < 1.29 is 10.2 Å². The van der Waals surface area contributed by atoms with Crippen molar-refractivity contribution in [3.05, 3.63) is 0 Å². The van der Waals surface area contributed by atoms with Crippen molar-refractivity contribution in [1.82, 2.24) is 0 Å². The van der Waals surface area contributed by atoms with Gasteiger partial charge in [0.25, 0.3) is 0 Å². The fourth-order valence-corrected chi connectivity index (χ4v) is 4.11. The molecule has 0 spiro atoms. The van der Waals surface area contributed by atoms with E-state index in [0.29, 0.717) is 0 Å². The predicted molar refractivity (Wildman–Crippen MR) is 120 cm³/mol. The molecular weight excluding hydrogens is 356 g/mol. The number of alkyl halides is 1. The Kier molecular flexibility index (Phi) is 19.7. The van der Waals surface area contributed by atoms with Gasteiger partial charge in [-0.15, -0.1) is 11.6 Å². The number of rotatable bonds is 21. The molecule has 0 radical (unpaired) electrons. The largest absolute Gasteiger partial charge is 0.367 e. The fraction of sp³-hybridized carbons (Fsp3) is 1.00. The molecule has 0 atom stereocenters. The summed E-state index contributed by atoms with van der Waals surface area (Å²) >= 11 is 6.57. The molecule has 2 N–H and O–H groups in total. The second-order valence-electron chi connectivity index (χ2n) is 8.57. The molecule has 0 aliphatic rings. The molecule has 0 aromatic carbocycles. The topological polar surface area (TPSA) is 40.5 Å². The summed E-state index contributed by atoms with van der Waals surface area (Å²) in [5, 5.41) is 19.5. The third-order valence-electron chi connectivity index (χ3n) is 5.85. The van der Waals surface area contributed by atoms with Crippen LogP contribution in [0.3, 0.4) is 0 Å². The van der Waals surface area contributed by atoms with E-state index in [1.54, 1.807) is 0 Å². The van der Waals surface area contributed by atoms with Gasteiger partial charge in [-0.25, -0.2) is 0 Å². The minimum absolute atomic E-state index is 0.721. The molecular formula is C24H49ClO2. The Bertz CT molecular complexity index is 272. The van der Waals surface area contributed by atoms with Gasteiger partial charge in [-0.1, -0.05) is 129 Å². The first-order valence-electron chi connectivity index (χ1n) is 12.1. The van der Waals surface area contributed by atoms with Crippen molar-refractivity contribution in [3.63, 3.8) is 0 Å².